The largest absolute Gasteiger partial charge is 0.451 e. The zero-order chi connectivity index (χ0) is 16.6. The molecule has 2 aromatic carbocycles. The first-order valence-corrected chi connectivity index (χ1v) is 7.18. The number of nitro benzene ring substituents is 1. The van der Waals surface area contributed by atoms with Crippen molar-refractivity contribution < 1.29 is 14.5 Å². The van der Waals surface area contributed by atoms with Gasteiger partial charge in [-0.05, 0) is 37.1 Å². The van der Waals surface area contributed by atoms with Crippen molar-refractivity contribution in [3.8, 4) is 0 Å². The van der Waals surface area contributed by atoms with Gasteiger partial charge in [0.2, 0.25) is 0 Å². The van der Waals surface area contributed by atoms with Crippen LogP contribution in [0.1, 0.15) is 25.0 Å². The van der Waals surface area contributed by atoms with Crippen molar-refractivity contribution in [1.82, 2.24) is 0 Å². The van der Waals surface area contributed by atoms with Gasteiger partial charge in [-0.2, -0.15) is 0 Å². The van der Waals surface area contributed by atoms with Crippen molar-refractivity contribution in [1.29, 1.82) is 0 Å². The molecule has 0 radical (unpaired) electrons. The summed E-state index contributed by atoms with van der Waals surface area (Å²) in [6, 6.07) is 15.5. The minimum Gasteiger partial charge on any atom is -0.451 e. The van der Waals surface area contributed by atoms with Crippen LogP contribution in [0.5, 0.6) is 0 Å². The second-order valence-electron chi connectivity index (χ2n) is 5.82. The molecule has 0 spiro atoms. The number of benzene rings is 2. The molecular weight excluding hydrogens is 294 g/mol. The maximum atomic E-state index is 12.4. The van der Waals surface area contributed by atoms with Gasteiger partial charge in [-0.3, -0.25) is 10.1 Å². The SMILES string of the molecule is CC1(C)OC(=O)C(c2ccccc2)=C1c1ccc([N+](=O)[O-])cc1. The monoisotopic (exact) mass is 309 g/mol. The summed E-state index contributed by atoms with van der Waals surface area (Å²) in [6.07, 6.45) is 0. The van der Waals surface area contributed by atoms with E-state index in [9.17, 15) is 14.9 Å². The van der Waals surface area contributed by atoms with E-state index in [0.29, 0.717) is 5.57 Å². The summed E-state index contributed by atoms with van der Waals surface area (Å²) in [5, 5.41) is 10.8. The molecular formula is C18H15NO4. The van der Waals surface area contributed by atoms with E-state index in [2.05, 4.69) is 0 Å². The van der Waals surface area contributed by atoms with Gasteiger partial charge in [0, 0.05) is 17.7 Å². The average Bonchev–Trinajstić information content (AvgIpc) is 2.77. The molecule has 0 fully saturated rings. The number of carbonyl (C=O) groups is 1. The molecule has 0 aliphatic carbocycles. The third-order valence-electron chi connectivity index (χ3n) is 3.83. The van der Waals surface area contributed by atoms with Crippen LogP contribution in [0.15, 0.2) is 54.6 Å². The number of rotatable bonds is 3. The Morgan fingerprint density at radius 3 is 2.13 bits per heavy atom. The maximum Gasteiger partial charge on any atom is 0.340 e. The molecule has 0 saturated carbocycles. The summed E-state index contributed by atoms with van der Waals surface area (Å²) in [6.45, 7) is 3.63. The van der Waals surface area contributed by atoms with Crippen molar-refractivity contribution in [2.24, 2.45) is 0 Å². The fourth-order valence-electron chi connectivity index (χ4n) is 2.85. The molecule has 0 atom stereocenters. The number of cyclic esters (lactones) is 1. The standard InChI is InChI=1S/C18H15NO4/c1-18(2)16(13-8-10-14(11-9-13)19(21)22)15(17(20)23-18)12-6-4-3-5-7-12/h3-11H,1-2H3. The minimum atomic E-state index is -0.793. The zero-order valence-corrected chi connectivity index (χ0v) is 12.8. The van der Waals surface area contributed by atoms with Gasteiger partial charge in [0.25, 0.3) is 5.69 Å². The van der Waals surface area contributed by atoms with Crippen LogP contribution >= 0.6 is 0 Å². The van der Waals surface area contributed by atoms with Crippen molar-refractivity contribution in [3.63, 3.8) is 0 Å². The summed E-state index contributed by atoms with van der Waals surface area (Å²) < 4.78 is 5.51. The first-order valence-electron chi connectivity index (χ1n) is 7.18. The van der Waals surface area contributed by atoms with Gasteiger partial charge in [0.1, 0.15) is 5.60 Å². The molecule has 0 unspecified atom stereocenters. The van der Waals surface area contributed by atoms with Gasteiger partial charge in [-0.25, -0.2) is 4.79 Å². The van der Waals surface area contributed by atoms with Crippen molar-refractivity contribution in [2.75, 3.05) is 0 Å². The van der Waals surface area contributed by atoms with Crippen LogP contribution in [0, 0.1) is 10.1 Å². The van der Waals surface area contributed by atoms with Crippen LogP contribution in [0.2, 0.25) is 0 Å². The van der Waals surface area contributed by atoms with E-state index in [4.69, 9.17) is 4.74 Å². The highest BCUT2D eigenvalue weighted by molar-refractivity contribution is 6.28. The first-order chi connectivity index (χ1) is 10.9. The Morgan fingerprint density at radius 1 is 0.957 bits per heavy atom. The molecule has 0 bridgehead atoms. The fourth-order valence-corrected chi connectivity index (χ4v) is 2.85. The van der Waals surface area contributed by atoms with Crippen LogP contribution in [-0.2, 0) is 9.53 Å². The number of ether oxygens (including phenoxy) is 1. The Hall–Kier alpha value is -2.95. The van der Waals surface area contributed by atoms with E-state index in [0.717, 1.165) is 16.7 Å². The summed E-state index contributed by atoms with van der Waals surface area (Å²) in [5.41, 5.74) is 1.98. The second kappa shape index (κ2) is 5.35. The summed E-state index contributed by atoms with van der Waals surface area (Å²) in [4.78, 5) is 22.7. The first kappa shape index (κ1) is 15.0. The minimum absolute atomic E-state index is 0.0126. The van der Waals surface area contributed by atoms with Gasteiger partial charge in [-0.1, -0.05) is 30.3 Å². The molecule has 5 heteroatoms. The van der Waals surface area contributed by atoms with E-state index in [1.807, 2.05) is 44.2 Å². The molecule has 5 nitrogen and oxygen atoms in total. The van der Waals surface area contributed by atoms with Gasteiger partial charge < -0.3 is 4.74 Å². The molecule has 1 heterocycles. The lowest BCUT2D eigenvalue weighted by Gasteiger charge is -2.21. The molecule has 1 aliphatic heterocycles. The quantitative estimate of drug-likeness (QED) is 0.490. The molecule has 0 saturated heterocycles. The Bertz CT molecular complexity index is 805. The summed E-state index contributed by atoms with van der Waals surface area (Å²) >= 11 is 0. The molecule has 0 amide bonds. The molecule has 0 N–H and O–H groups in total. The molecule has 116 valence electrons. The third-order valence-corrected chi connectivity index (χ3v) is 3.83. The number of esters is 1. The third kappa shape index (κ3) is 2.61. The van der Waals surface area contributed by atoms with E-state index in [-0.39, 0.29) is 11.7 Å². The van der Waals surface area contributed by atoms with Crippen molar-refractivity contribution >= 4 is 22.8 Å². The predicted molar refractivity (Wildman–Crippen MR) is 86.5 cm³/mol. The number of carbonyl (C=O) groups excluding carboxylic acids is 1. The zero-order valence-electron chi connectivity index (χ0n) is 12.8. The smallest absolute Gasteiger partial charge is 0.340 e. The highest BCUT2D eigenvalue weighted by Crippen LogP contribution is 2.43. The lowest BCUT2D eigenvalue weighted by molar-refractivity contribution is -0.384. The molecule has 3 rings (SSSR count). The van der Waals surface area contributed by atoms with Crippen LogP contribution in [0.3, 0.4) is 0 Å². The highest BCUT2D eigenvalue weighted by atomic mass is 16.6. The van der Waals surface area contributed by atoms with Crippen LogP contribution in [0.25, 0.3) is 11.1 Å². The molecule has 2 aromatic rings. The van der Waals surface area contributed by atoms with Crippen molar-refractivity contribution in [3.05, 3.63) is 75.8 Å². The van der Waals surface area contributed by atoms with Gasteiger partial charge in [0.15, 0.2) is 0 Å². The Morgan fingerprint density at radius 2 is 1.57 bits per heavy atom. The topological polar surface area (TPSA) is 69.4 Å². The number of hydrogen-bond acceptors (Lipinski definition) is 4. The number of nitrogens with zero attached hydrogens (tertiary/aromatic N) is 1. The summed E-state index contributed by atoms with van der Waals surface area (Å²) in [7, 11) is 0. The Balaban J connectivity index is 2.20. The van der Waals surface area contributed by atoms with Crippen LogP contribution in [0.4, 0.5) is 5.69 Å². The van der Waals surface area contributed by atoms with Crippen LogP contribution < -0.4 is 0 Å². The maximum absolute atomic E-state index is 12.4. The van der Waals surface area contributed by atoms with Crippen LogP contribution in [-0.4, -0.2) is 16.5 Å². The van der Waals surface area contributed by atoms with E-state index in [1.54, 1.807) is 12.1 Å². The molecule has 23 heavy (non-hydrogen) atoms. The van der Waals surface area contributed by atoms with Gasteiger partial charge >= 0.3 is 5.97 Å². The Kier molecular flexibility index (Phi) is 3.48. The Labute approximate surface area is 133 Å². The van der Waals surface area contributed by atoms with E-state index in [1.165, 1.54) is 12.1 Å². The van der Waals surface area contributed by atoms with Gasteiger partial charge in [-0.15, -0.1) is 0 Å². The van der Waals surface area contributed by atoms with Gasteiger partial charge in [0.05, 0.1) is 10.5 Å². The number of non-ortho nitro benzene ring substituents is 1. The fraction of sp³-hybridized carbons (Fsp3) is 0.167. The predicted octanol–water partition coefficient (Wildman–Crippen LogP) is 3.84. The number of nitro groups is 1. The second-order valence-corrected chi connectivity index (χ2v) is 5.82. The average molecular weight is 309 g/mol. The highest BCUT2D eigenvalue weighted by Gasteiger charge is 2.41. The summed E-state index contributed by atoms with van der Waals surface area (Å²) in [5.74, 6) is -0.380. The lowest BCUT2D eigenvalue weighted by Crippen LogP contribution is -2.22. The number of hydrogen-bond donors (Lipinski definition) is 0. The van der Waals surface area contributed by atoms with Crippen molar-refractivity contribution in [2.45, 2.75) is 19.4 Å². The molecule has 0 aromatic heterocycles. The molecule has 1 aliphatic rings. The lowest BCUT2D eigenvalue weighted by atomic mass is 9.87. The van der Waals surface area contributed by atoms with E-state index >= 15 is 0 Å². The van der Waals surface area contributed by atoms with E-state index < -0.39 is 10.5 Å². The normalized spacial score (nSPS) is 16.3.